The van der Waals surface area contributed by atoms with Gasteiger partial charge >= 0.3 is 0 Å². The van der Waals surface area contributed by atoms with E-state index in [0.29, 0.717) is 0 Å². The smallest absolute Gasteiger partial charge is 0.143 e. The maximum atomic E-state index is 7.05. The largest absolute Gasteiger partial charge is 0.455 e. The highest BCUT2D eigenvalue weighted by Crippen LogP contribution is 2.53. The molecule has 70 heavy (non-hydrogen) atoms. The maximum absolute atomic E-state index is 7.05. The zero-order valence-electron chi connectivity index (χ0n) is 38.8. The van der Waals surface area contributed by atoms with Gasteiger partial charge in [-0.1, -0.05) is 184 Å². The van der Waals surface area contributed by atoms with Gasteiger partial charge < -0.3 is 9.32 Å². The second-order valence-corrected chi connectivity index (χ2v) is 20.2. The molecule has 2 aromatic heterocycles. The topological polar surface area (TPSA) is 16.4 Å². The van der Waals surface area contributed by atoms with Crippen LogP contribution >= 0.6 is 11.3 Å². The molecule has 330 valence electrons. The molecule has 0 bridgehead atoms. The highest BCUT2D eigenvalue weighted by molar-refractivity contribution is 7.26. The highest BCUT2D eigenvalue weighted by Gasteiger charge is 2.36. The molecular weight excluding hydrogens is 867 g/mol. The second kappa shape index (κ2) is 15.8. The number of anilines is 3. The molecule has 2 nitrogen and oxygen atoms in total. The lowest BCUT2D eigenvalue weighted by molar-refractivity contribution is 0.660. The summed E-state index contributed by atoms with van der Waals surface area (Å²) < 4.78 is 9.60. The van der Waals surface area contributed by atoms with Gasteiger partial charge in [0, 0.05) is 53.3 Å². The van der Waals surface area contributed by atoms with Crippen LogP contribution < -0.4 is 4.90 Å². The van der Waals surface area contributed by atoms with E-state index in [1.54, 1.807) is 0 Å². The van der Waals surface area contributed by atoms with Gasteiger partial charge in [-0.15, -0.1) is 11.3 Å². The molecule has 1 aliphatic rings. The summed E-state index contributed by atoms with van der Waals surface area (Å²) in [5.41, 5.74) is 19.9. The van der Waals surface area contributed by atoms with Crippen molar-refractivity contribution in [2.24, 2.45) is 0 Å². The number of fused-ring (bicyclic) bond motifs is 11. The van der Waals surface area contributed by atoms with Crippen molar-refractivity contribution in [2.45, 2.75) is 19.3 Å². The number of benzene rings is 11. The van der Waals surface area contributed by atoms with Crippen molar-refractivity contribution >= 4 is 81.3 Å². The van der Waals surface area contributed by atoms with Crippen molar-refractivity contribution in [1.82, 2.24) is 0 Å². The Hall–Kier alpha value is -8.50. The summed E-state index contributed by atoms with van der Waals surface area (Å²) in [6, 6.07) is 86.8. The fourth-order valence-electron chi connectivity index (χ4n) is 11.5. The number of nitrogens with zero attached hydrogens (tertiary/aromatic N) is 1. The molecular formula is C67H45NOS. The van der Waals surface area contributed by atoms with E-state index in [4.69, 9.17) is 4.42 Å². The van der Waals surface area contributed by atoms with Gasteiger partial charge in [0.1, 0.15) is 11.2 Å². The van der Waals surface area contributed by atoms with Crippen molar-refractivity contribution in [3.05, 3.63) is 248 Å². The summed E-state index contributed by atoms with van der Waals surface area (Å²) in [6.07, 6.45) is 0. The van der Waals surface area contributed by atoms with Crippen LogP contribution in [0.1, 0.15) is 25.0 Å². The standard InChI is InChI=1S/C67H45NOS/c1-67(2)58-29-16-14-26-51(58)52-34-33-48(40-59(52)67)68(47-23-10-5-11-24-47)60-30-18-31-61-64(60)57-41-56(50-25-12-13-27-53(50)65(57)69-61)54-36-35-49(63-55-28-15-17-32-62(55)70-66(54)63)46-38-44(42-19-6-3-7-20-42)37-45(39-46)43-21-8-4-9-22-43/h3-41H,1-2H3. The van der Waals surface area contributed by atoms with E-state index in [1.165, 1.54) is 92.3 Å². The van der Waals surface area contributed by atoms with E-state index in [0.717, 1.165) is 44.4 Å². The molecule has 0 aliphatic heterocycles. The first-order valence-corrected chi connectivity index (χ1v) is 25.0. The predicted octanol–water partition coefficient (Wildman–Crippen LogP) is 19.6. The molecule has 3 heteroatoms. The predicted molar refractivity (Wildman–Crippen MR) is 298 cm³/mol. The number of thiophene rings is 1. The monoisotopic (exact) mass is 911 g/mol. The first-order valence-electron chi connectivity index (χ1n) is 24.2. The van der Waals surface area contributed by atoms with Gasteiger partial charge in [-0.3, -0.25) is 0 Å². The molecule has 0 fully saturated rings. The van der Waals surface area contributed by atoms with Crippen LogP contribution in [-0.2, 0) is 5.41 Å². The third-order valence-electron chi connectivity index (χ3n) is 14.8. The summed E-state index contributed by atoms with van der Waals surface area (Å²) in [4.78, 5) is 2.43. The van der Waals surface area contributed by atoms with Crippen LogP contribution in [0.25, 0.3) is 109 Å². The number of hydrogen-bond acceptors (Lipinski definition) is 3. The van der Waals surface area contributed by atoms with Crippen LogP contribution in [0.2, 0.25) is 0 Å². The third kappa shape index (κ3) is 6.25. The van der Waals surface area contributed by atoms with Crippen LogP contribution in [-0.4, -0.2) is 0 Å². The Kier molecular flexibility index (Phi) is 9.14. The Bertz CT molecular complexity index is 4140. The van der Waals surface area contributed by atoms with Gasteiger partial charge in [-0.05, 0) is 133 Å². The Morgan fingerprint density at radius 2 is 0.971 bits per heavy atom. The van der Waals surface area contributed by atoms with Gasteiger partial charge in [-0.2, -0.15) is 0 Å². The fourth-order valence-corrected chi connectivity index (χ4v) is 12.8. The zero-order chi connectivity index (χ0) is 46.5. The minimum Gasteiger partial charge on any atom is -0.455 e. The molecule has 0 saturated carbocycles. The average molecular weight is 912 g/mol. The number of hydrogen-bond donors (Lipinski definition) is 0. The molecule has 1 aliphatic carbocycles. The average Bonchev–Trinajstić information content (AvgIpc) is 4.07. The molecule has 0 saturated heterocycles. The second-order valence-electron chi connectivity index (χ2n) is 19.2. The molecule has 13 aromatic rings. The van der Waals surface area contributed by atoms with Crippen molar-refractivity contribution in [2.75, 3.05) is 4.90 Å². The van der Waals surface area contributed by atoms with Gasteiger partial charge in [0.05, 0.1) is 11.1 Å². The number of furan rings is 1. The molecule has 0 amide bonds. The molecule has 0 radical (unpaired) electrons. The lowest BCUT2D eigenvalue weighted by Crippen LogP contribution is -2.16. The summed E-state index contributed by atoms with van der Waals surface area (Å²) >= 11 is 1.89. The lowest BCUT2D eigenvalue weighted by Gasteiger charge is -2.28. The van der Waals surface area contributed by atoms with Crippen molar-refractivity contribution in [1.29, 1.82) is 0 Å². The maximum Gasteiger partial charge on any atom is 0.143 e. The van der Waals surface area contributed by atoms with E-state index in [-0.39, 0.29) is 5.41 Å². The Labute approximate surface area is 411 Å². The Morgan fingerprint density at radius 1 is 0.371 bits per heavy atom. The molecule has 0 unspecified atom stereocenters. The first kappa shape index (κ1) is 40.6. The summed E-state index contributed by atoms with van der Waals surface area (Å²) in [5, 5.41) is 7.00. The molecule has 11 aromatic carbocycles. The minimum absolute atomic E-state index is 0.144. The Balaban J connectivity index is 1.01. The van der Waals surface area contributed by atoms with E-state index in [9.17, 15) is 0 Å². The molecule has 14 rings (SSSR count). The fraction of sp³-hybridized carbons (Fsp3) is 0.0448. The summed E-state index contributed by atoms with van der Waals surface area (Å²) in [5.74, 6) is 0. The lowest BCUT2D eigenvalue weighted by atomic mass is 9.82. The zero-order valence-corrected chi connectivity index (χ0v) is 39.6. The Morgan fingerprint density at radius 3 is 1.73 bits per heavy atom. The SMILES string of the molecule is CC1(C)c2ccccc2-c2ccc(N(c3ccccc3)c3cccc4oc5c6ccccc6c(-c6ccc(-c7cc(-c8ccccc8)cc(-c8ccccc8)c7)c7c6sc6ccccc67)cc5c34)cc21. The minimum atomic E-state index is -0.144. The van der Waals surface area contributed by atoms with Crippen LogP contribution in [0.4, 0.5) is 17.1 Å². The van der Waals surface area contributed by atoms with Crippen LogP contribution in [0.15, 0.2) is 241 Å². The van der Waals surface area contributed by atoms with Gasteiger partial charge in [0.2, 0.25) is 0 Å². The van der Waals surface area contributed by atoms with Gasteiger partial charge in [0.25, 0.3) is 0 Å². The normalized spacial score (nSPS) is 12.8. The van der Waals surface area contributed by atoms with E-state index in [2.05, 4.69) is 255 Å². The third-order valence-corrected chi connectivity index (χ3v) is 16.0. The summed E-state index contributed by atoms with van der Waals surface area (Å²) in [7, 11) is 0. The van der Waals surface area contributed by atoms with Crippen LogP contribution in [0.3, 0.4) is 0 Å². The highest BCUT2D eigenvalue weighted by atomic mass is 32.1. The van der Waals surface area contributed by atoms with E-state index < -0.39 is 0 Å². The van der Waals surface area contributed by atoms with Crippen molar-refractivity contribution in [3.8, 4) is 55.6 Å². The van der Waals surface area contributed by atoms with E-state index >= 15 is 0 Å². The van der Waals surface area contributed by atoms with Crippen molar-refractivity contribution < 1.29 is 4.42 Å². The van der Waals surface area contributed by atoms with Crippen LogP contribution in [0, 0.1) is 0 Å². The van der Waals surface area contributed by atoms with Crippen molar-refractivity contribution in [3.63, 3.8) is 0 Å². The number of rotatable bonds is 7. The summed E-state index contributed by atoms with van der Waals surface area (Å²) in [6.45, 7) is 4.71. The molecule has 0 atom stereocenters. The number of para-hydroxylation sites is 1. The van der Waals surface area contributed by atoms with E-state index in [1.807, 2.05) is 11.3 Å². The quantitative estimate of drug-likeness (QED) is 0.158. The molecule has 0 N–H and O–H groups in total. The van der Waals surface area contributed by atoms with Gasteiger partial charge in [-0.25, -0.2) is 0 Å². The molecule has 0 spiro atoms. The first-order chi connectivity index (χ1) is 34.5. The molecule has 2 heterocycles. The van der Waals surface area contributed by atoms with Gasteiger partial charge in [0.15, 0.2) is 0 Å². The van der Waals surface area contributed by atoms with Crippen LogP contribution in [0.5, 0.6) is 0 Å².